The van der Waals surface area contributed by atoms with E-state index in [-0.39, 0.29) is 19.1 Å². The summed E-state index contributed by atoms with van der Waals surface area (Å²) in [6.45, 7) is 2.15. The number of amides is 1. The maximum Gasteiger partial charge on any atom is 0.341 e. The Morgan fingerprint density at radius 2 is 1.95 bits per heavy atom. The number of ether oxygens (including phenoxy) is 1. The van der Waals surface area contributed by atoms with Crippen LogP contribution < -0.4 is 5.32 Å². The van der Waals surface area contributed by atoms with Crippen molar-refractivity contribution < 1.29 is 23.1 Å². The lowest BCUT2D eigenvalue weighted by atomic mass is 10.1. The lowest BCUT2D eigenvalue weighted by Gasteiger charge is -2.07. The van der Waals surface area contributed by atoms with Gasteiger partial charge < -0.3 is 10.1 Å². The van der Waals surface area contributed by atoms with Gasteiger partial charge in [-0.25, -0.2) is 13.6 Å². The summed E-state index contributed by atoms with van der Waals surface area (Å²) in [6.07, 6.45) is 4.48. The Bertz CT molecular complexity index is 506. The number of esters is 1. The molecule has 1 amide bonds. The third-order valence-corrected chi connectivity index (χ3v) is 3.06. The highest BCUT2D eigenvalue weighted by molar-refractivity contribution is 5.89. The summed E-state index contributed by atoms with van der Waals surface area (Å²) in [5.74, 6) is -2.61. The van der Waals surface area contributed by atoms with E-state index in [9.17, 15) is 18.4 Å². The van der Waals surface area contributed by atoms with Gasteiger partial charge in [0.2, 0.25) is 5.91 Å². The molecule has 1 rings (SSSR count). The highest BCUT2D eigenvalue weighted by Gasteiger charge is 2.14. The molecule has 0 unspecified atom stereocenters. The first-order valence-corrected chi connectivity index (χ1v) is 7.43. The number of benzene rings is 1. The van der Waals surface area contributed by atoms with Crippen LogP contribution in [0.4, 0.5) is 8.78 Å². The first-order valence-electron chi connectivity index (χ1n) is 7.43. The number of rotatable bonds is 9. The van der Waals surface area contributed by atoms with Gasteiger partial charge in [0.05, 0.1) is 12.1 Å². The third kappa shape index (κ3) is 6.65. The van der Waals surface area contributed by atoms with Crippen molar-refractivity contribution in [2.24, 2.45) is 0 Å². The number of hydrogen-bond acceptors (Lipinski definition) is 3. The molecule has 0 aliphatic carbocycles. The van der Waals surface area contributed by atoms with E-state index in [1.165, 1.54) is 0 Å². The van der Waals surface area contributed by atoms with Crippen LogP contribution in [-0.4, -0.2) is 25.0 Å². The van der Waals surface area contributed by atoms with Crippen molar-refractivity contribution in [3.63, 3.8) is 0 Å². The molecule has 1 aromatic carbocycles. The minimum Gasteiger partial charge on any atom is -0.460 e. The molecule has 0 saturated carbocycles. The minimum atomic E-state index is -0.950. The molecule has 0 fully saturated rings. The molecule has 0 aliphatic heterocycles. The second-order valence-corrected chi connectivity index (χ2v) is 4.92. The number of carbonyl (C=O) groups excluding carboxylic acids is 2. The minimum absolute atomic E-state index is 0.0878. The van der Waals surface area contributed by atoms with E-state index in [0.717, 1.165) is 43.9 Å². The molecule has 1 aromatic rings. The summed E-state index contributed by atoms with van der Waals surface area (Å²) < 4.78 is 31.1. The molecule has 0 aromatic heterocycles. The van der Waals surface area contributed by atoms with Crippen molar-refractivity contribution in [2.75, 3.05) is 13.2 Å². The van der Waals surface area contributed by atoms with Gasteiger partial charge in [-0.05, 0) is 24.6 Å². The molecule has 0 aliphatic rings. The molecule has 6 heteroatoms. The smallest absolute Gasteiger partial charge is 0.341 e. The van der Waals surface area contributed by atoms with E-state index in [1.54, 1.807) is 0 Å². The summed E-state index contributed by atoms with van der Waals surface area (Å²) in [5, 5.41) is 2.61. The van der Waals surface area contributed by atoms with E-state index < -0.39 is 23.2 Å². The van der Waals surface area contributed by atoms with Crippen molar-refractivity contribution >= 4 is 11.9 Å². The van der Waals surface area contributed by atoms with Gasteiger partial charge in [-0.15, -0.1) is 0 Å². The Morgan fingerprint density at radius 1 is 1.18 bits per heavy atom. The Hall–Kier alpha value is -1.98. The average Bonchev–Trinajstić information content (AvgIpc) is 2.50. The highest BCUT2D eigenvalue weighted by Crippen LogP contribution is 2.10. The third-order valence-electron chi connectivity index (χ3n) is 3.06. The van der Waals surface area contributed by atoms with Gasteiger partial charge in [0.15, 0.2) is 0 Å². The van der Waals surface area contributed by atoms with E-state index in [1.807, 2.05) is 0 Å². The number of halogens is 2. The molecule has 0 radical (unpaired) electrons. The Labute approximate surface area is 128 Å². The lowest BCUT2D eigenvalue weighted by molar-refractivity contribution is -0.121. The molecule has 122 valence electrons. The van der Waals surface area contributed by atoms with Gasteiger partial charge in [0.1, 0.15) is 18.2 Å². The molecule has 4 nitrogen and oxygen atoms in total. The fourth-order valence-electron chi connectivity index (χ4n) is 1.87. The van der Waals surface area contributed by atoms with Crippen molar-refractivity contribution in [1.29, 1.82) is 0 Å². The summed E-state index contributed by atoms with van der Waals surface area (Å²) in [7, 11) is 0. The van der Waals surface area contributed by atoms with Crippen LogP contribution in [-0.2, 0) is 9.53 Å². The number of hydrogen-bond donors (Lipinski definition) is 1. The summed E-state index contributed by atoms with van der Waals surface area (Å²) in [6, 6.07) is 2.57. The average molecular weight is 313 g/mol. The first kappa shape index (κ1) is 18.1. The van der Waals surface area contributed by atoms with Crippen molar-refractivity contribution in [3.05, 3.63) is 35.4 Å². The van der Waals surface area contributed by atoms with Crippen LogP contribution in [0.15, 0.2) is 18.2 Å². The molecular weight excluding hydrogens is 292 g/mol. The summed E-state index contributed by atoms with van der Waals surface area (Å²) in [4.78, 5) is 23.0. The van der Waals surface area contributed by atoms with E-state index in [0.29, 0.717) is 6.42 Å². The Kier molecular flexibility index (Phi) is 8.10. The summed E-state index contributed by atoms with van der Waals surface area (Å²) >= 11 is 0. The zero-order chi connectivity index (χ0) is 16.4. The molecule has 1 N–H and O–H groups in total. The molecule has 0 heterocycles. The predicted octanol–water partition coefficient (Wildman–Crippen LogP) is 3.21. The normalized spacial score (nSPS) is 10.3. The highest BCUT2D eigenvalue weighted by atomic mass is 19.1. The van der Waals surface area contributed by atoms with Gasteiger partial charge >= 0.3 is 5.97 Å². The van der Waals surface area contributed by atoms with E-state index >= 15 is 0 Å². The van der Waals surface area contributed by atoms with Crippen LogP contribution in [0.5, 0.6) is 0 Å². The second-order valence-electron chi connectivity index (χ2n) is 4.92. The van der Waals surface area contributed by atoms with Gasteiger partial charge in [0.25, 0.3) is 0 Å². The first-order chi connectivity index (χ1) is 10.5. The monoisotopic (exact) mass is 313 g/mol. The van der Waals surface area contributed by atoms with Crippen LogP contribution in [0.2, 0.25) is 0 Å². The fourth-order valence-corrected chi connectivity index (χ4v) is 1.87. The quantitative estimate of drug-likeness (QED) is 0.562. The van der Waals surface area contributed by atoms with Crippen molar-refractivity contribution in [1.82, 2.24) is 5.32 Å². The van der Waals surface area contributed by atoms with Crippen LogP contribution in [0.1, 0.15) is 49.4 Å². The SMILES string of the molecule is CCCCCCC(=O)NCCOC(=O)c1cc(F)ccc1F. The van der Waals surface area contributed by atoms with Crippen molar-refractivity contribution in [3.8, 4) is 0 Å². The number of unbranched alkanes of at least 4 members (excludes halogenated alkanes) is 3. The summed E-state index contributed by atoms with van der Waals surface area (Å²) in [5.41, 5.74) is -0.453. The zero-order valence-corrected chi connectivity index (χ0v) is 12.7. The van der Waals surface area contributed by atoms with Gasteiger partial charge in [0, 0.05) is 6.42 Å². The van der Waals surface area contributed by atoms with Gasteiger partial charge in [-0.1, -0.05) is 26.2 Å². The second kappa shape index (κ2) is 9.87. The maximum atomic E-state index is 13.3. The predicted molar refractivity (Wildman–Crippen MR) is 78.4 cm³/mol. The zero-order valence-electron chi connectivity index (χ0n) is 12.7. The Morgan fingerprint density at radius 3 is 2.68 bits per heavy atom. The van der Waals surface area contributed by atoms with E-state index in [2.05, 4.69) is 12.2 Å². The lowest BCUT2D eigenvalue weighted by Crippen LogP contribution is -2.27. The largest absolute Gasteiger partial charge is 0.460 e. The van der Waals surface area contributed by atoms with Gasteiger partial charge in [-0.3, -0.25) is 4.79 Å². The number of carbonyl (C=O) groups is 2. The molecule has 0 spiro atoms. The molecule has 22 heavy (non-hydrogen) atoms. The van der Waals surface area contributed by atoms with Crippen LogP contribution >= 0.6 is 0 Å². The standard InChI is InChI=1S/C16H21F2NO3/c1-2-3-4-5-6-15(20)19-9-10-22-16(21)13-11-12(17)7-8-14(13)18/h7-8,11H,2-6,9-10H2,1H3,(H,19,20). The molecule has 0 bridgehead atoms. The van der Waals surface area contributed by atoms with Gasteiger partial charge in [-0.2, -0.15) is 0 Å². The van der Waals surface area contributed by atoms with Crippen LogP contribution in [0.3, 0.4) is 0 Å². The molecule has 0 saturated heterocycles. The van der Waals surface area contributed by atoms with Crippen LogP contribution in [0.25, 0.3) is 0 Å². The fraction of sp³-hybridized carbons (Fsp3) is 0.500. The van der Waals surface area contributed by atoms with Crippen molar-refractivity contribution in [2.45, 2.75) is 39.0 Å². The molecular formula is C16H21F2NO3. The molecule has 0 atom stereocenters. The number of nitrogens with one attached hydrogen (secondary N) is 1. The van der Waals surface area contributed by atoms with E-state index in [4.69, 9.17) is 4.74 Å². The van der Waals surface area contributed by atoms with Crippen LogP contribution in [0, 0.1) is 11.6 Å². The maximum absolute atomic E-state index is 13.3. The topological polar surface area (TPSA) is 55.4 Å². The Balaban J connectivity index is 2.22.